The lowest BCUT2D eigenvalue weighted by Gasteiger charge is -2.29. The number of rotatable bonds is 8. The topological polar surface area (TPSA) is 15.3 Å². The molecule has 1 saturated heterocycles. The van der Waals surface area contributed by atoms with Gasteiger partial charge in [0, 0.05) is 6.54 Å². The molecule has 0 spiro atoms. The Bertz CT molecular complexity index is 158. The summed E-state index contributed by atoms with van der Waals surface area (Å²) >= 11 is 1.97. The summed E-state index contributed by atoms with van der Waals surface area (Å²) in [5.74, 6) is 2.27. The second kappa shape index (κ2) is 9.32. The zero-order chi connectivity index (χ0) is 11.6. The molecule has 1 N–H and O–H groups in total. The Morgan fingerprint density at radius 3 is 2.62 bits per heavy atom. The van der Waals surface area contributed by atoms with Crippen LogP contribution in [-0.2, 0) is 0 Å². The van der Waals surface area contributed by atoms with Crippen LogP contribution in [0, 0.1) is 5.92 Å². The molecule has 0 aromatic carbocycles. The van der Waals surface area contributed by atoms with E-state index in [1.54, 1.807) is 0 Å². The molecule has 0 atom stereocenters. The molecule has 3 heteroatoms. The lowest BCUT2D eigenvalue weighted by molar-refractivity contribution is 0.211. The first-order valence-corrected chi connectivity index (χ1v) is 8.18. The summed E-state index contributed by atoms with van der Waals surface area (Å²) in [6.45, 7) is 8.63. The Hall–Kier alpha value is 0.270. The van der Waals surface area contributed by atoms with Crippen molar-refractivity contribution in [1.29, 1.82) is 0 Å². The Kier molecular flexibility index (Phi) is 8.34. The number of nitrogens with one attached hydrogen (secondary N) is 1. The van der Waals surface area contributed by atoms with Gasteiger partial charge < -0.3 is 10.2 Å². The van der Waals surface area contributed by atoms with Crippen molar-refractivity contribution in [2.24, 2.45) is 5.92 Å². The van der Waals surface area contributed by atoms with Crippen LogP contribution in [0.4, 0.5) is 0 Å². The Morgan fingerprint density at radius 2 is 2.00 bits per heavy atom. The van der Waals surface area contributed by atoms with Crippen LogP contribution in [0.2, 0.25) is 0 Å². The van der Waals surface area contributed by atoms with Crippen LogP contribution in [0.25, 0.3) is 0 Å². The quantitative estimate of drug-likeness (QED) is 0.660. The van der Waals surface area contributed by atoms with Crippen LogP contribution in [0.5, 0.6) is 0 Å². The molecule has 0 bridgehead atoms. The number of hydrogen-bond donors (Lipinski definition) is 1. The van der Waals surface area contributed by atoms with E-state index >= 15 is 0 Å². The maximum Gasteiger partial charge on any atom is 0.00105 e. The van der Waals surface area contributed by atoms with E-state index in [2.05, 4.69) is 23.4 Å². The molecule has 1 rings (SSSR count). The van der Waals surface area contributed by atoms with Gasteiger partial charge in [0.15, 0.2) is 0 Å². The standard InChI is InChI=1S/C13H28N2S/c1-3-15(10-4-5-11-16-2)12-13-6-8-14-9-7-13/h13-14H,3-12H2,1-2H3. The molecule has 0 aromatic rings. The molecule has 0 amide bonds. The molecule has 2 nitrogen and oxygen atoms in total. The molecule has 1 heterocycles. The SMILES string of the molecule is CCN(CCCCSC)CC1CCNCC1. The molecule has 0 aliphatic carbocycles. The van der Waals surface area contributed by atoms with Crippen LogP contribution in [-0.4, -0.2) is 49.6 Å². The van der Waals surface area contributed by atoms with Crippen LogP contribution in [0.15, 0.2) is 0 Å². The van der Waals surface area contributed by atoms with Gasteiger partial charge >= 0.3 is 0 Å². The van der Waals surface area contributed by atoms with Gasteiger partial charge in [-0.15, -0.1) is 0 Å². The van der Waals surface area contributed by atoms with Crippen molar-refractivity contribution in [3.8, 4) is 0 Å². The molecular formula is C13H28N2S. The van der Waals surface area contributed by atoms with E-state index in [1.165, 1.54) is 64.2 Å². The van der Waals surface area contributed by atoms with Crippen molar-refractivity contribution in [1.82, 2.24) is 10.2 Å². The Morgan fingerprint density at radius 1 is 1.25 bits per heavy atom. The average molecular weight is 244 g/mol. The summed E-state index contributed by atoms with van der Waals surface area (Å²) in [4.78, 5) is 2.65. The molecule has 1 aliphatic rings. The highest BCUT2D eigenvalue weighted by Crippen LogP contribution is 2.13. The van der Waals surface area contributed by atoms with Gasteiger partial charge in [0.25, 0.3) is 0 Å². The lowest BCUT2D eigenvalue weighted by Crippen LogP contribution is -2.36. The van der Waals surface area contributed by atoms with Gasteiger partial charge in [0.05, 0.1) is 0 Å². The molecule has 16 heavy (non-hydrogen) atoms. The van der Waals surface area contributed by atoms with Gasteiger partial charge in [0.2, 0.25) is 0 Å². The molecule has 1 aliphatic heterocycles. The highest BCUT2D eigenvalue weighted by molar-refractivity contribution is 7.98. The largest absolute Gasteiger partial charge is 0.317 e. The van der Waals surface area contributed by atoms with Crippen molar-refractivity contribution in [3.05, 3.63) is 0 Å². The maximum atomic E-state index is 3.44. The van der Waals surface area contributed by atoms with E-state index in [0.717, 1.165) is 5.92 Å². The smallest absolute Gasteiger partial charge is 0.00105 e. The third-order valence-electron chi connectivity index (χ3n) is 3.50. The second-order valence-corrected chi connectivity index (χ2v) is 5.77. The van der Waals surface area contributed by atoms with Crippen molar-refractivity contribution < 1.29 is 0 Å². The lowest BCUT2D eigenvalue weighted by atomic mass is 9.97. The third-order valence-corrected chi connectivity index (χ3v) is 4.19. The third kappa shape index (κ3) is 6.12. The summed E-state index contributed by atoms with van der Waals surface area (Å²) in [7, 11) is 0. The minimum Gasteiger partial charge on any atom is -0.317 e. The van der Waals surface area contributed by atoms with Crippen molar-refractivity contribution in [3.63, 3.8) is 0 Å². The summed E-state index contributed by atoms with van der Waals surface area (Å²) in [6.07, 6.45) is 7.71. The monoisotopic (exact) mass is 244 g/mol. The predicted molar refractivity (Wildman–Crippen MR) is 75.3 cm³/mol. The molecule has 0 unspecified atom stereocenters. The van der Waals surface area contributed by atoms with E-state index < -0.39 is 0 Å². The van der Waals surface area contributed by atoms with Gasteiger partial charge in [-0.2, -0.15) is 11.8 Å². The molecular weight excluding hydrogens is 216 g/mol. The summed E-state index contributed by atoms with van der Waals surface area (Å²) < 4.78 is 0. The number of nitrogens with zero attached hydrogens (tertiary/aromatic N) is 1. The van der Waals surface area contributed by atoms with E-state index in [0.29, 0.717) is 0 Å². The van der Waals surface area contributed by atoms with Crippen LogP contribution in [0.1, 0.15) is 32.6 Å². The van der Waals surface area contributed by atoms with Crippen molar-refractivity contribution in [2.45, 2.75) is 32.6 Å². The molecule has 0 aromatic heterocycles. The van der Waals surface area contributed by atoms with E-state index in [1.807, 2.05) is 11.8 Å². The summed E-state index contributed by atoms with van der Waals surface area (Å²) in [6, 6.07) is 0. The first kappa shape index (κ1) is 14.3. The van der Waals surface area contributed by atoms with Crippen molar-refractivity contribution >= 4 is 11.8 Å². The fourth-order valence-electron chi connectivity index (χ4n) is 2.39. The summed E-state index contributed by atoms with van der Waals surface area (Å²) in [5, 5.41) is 3.44. The van der Waals surface area contributed by atoms with E-state index in [9.17, 15) is 0 Å². The second-order valence-electron chi connectivity index (χ2n) is 4.79. The molecule has 1 fully saturated rings. The Balaban J connectivity index is 2.09. The van der Waals surface area contributed by atoms with Gasteiger partial charge in [-0.1, -0.05) is 6.92 Å². The van der Waals surface area contributed by atoms with Crippen LogP contribution in [0.3, 0.4) is 0 Å². The molecule has 0 saturated carbocycles. The normalized spacial score (nSPS) is 18.2. The fourth-order valence-corrected chi connectivity index (χ4v) is 2.88. The van der Waals surface area contributed by atoms with E-state index in [4.69, 9.17) is 0 Å². The zero-order valence-corrected chi connectivity index (χ0v) is 11.8. The van der Waals surface area contributed by atoms with Gasteiger partial charge in [-0.3, -0.25) is 0 Å². The maximum absolute atomic E-state index is 3.44. The number of hydrogen-bond acceptors (Lipinski definition) is 3. The number of thioether (sulfide) groups is 1. The van der Waals surface area contributed by atoms with Crippen LogP contribution >= 0.6 is 11.8 Å². The minimum atomic E-state index is 0.946. The van der Waals surface area contributed by atoms with Gasteiger partial charge in [-0.05, 0) is 69.8 Å². The van der Waals surface area contributed by atoms with Crippen molar-refractivity contribution in [2.75, 3.05) is 44.7 Å². The number of unbranched alkanes of at least 4 members (excludes halogenated alkanes) is 1. The first-order chi connectivity index (χ1) is 7.86. The predicted octanol–water partition coefficient (Wildman–Crippen LogP) is 2.45. The minimum absolute atomic E-state index is 0.946. The highest BCUT2D eigenvalue weighted by Gasteiger charge is 2.15. The summed E-state index contributed by atoms with van der Waals surface area (Å²) in [5.41, 5.74) is 0. The molecule has 96 valence electrons. The van der Waals surface area contributed by atoms with E-state index in [-0.39, 0.29) is 0 Å². The number of piperidine rings is 1. The Labute approximate surface area is 106 Å². The van der Waals surface area contributed by atoms with Gasteiger partial charge in [-0.25, -0.2) is 0 Å². The first-order valence-electron chi connectivity index (χ1n) is 6.78. The van der Waals surface area contributed by atoms with Crippen LogP contribution < -0.4 is 5.32 Å². The zero-order valence-electron chi connectivity index (χ0n) is 11.0. The highest BCUT2D eigenvalue weighted by atomic mass is 32.2. The van der Waals surface area contributed by atoms with Gasteiger partial charge in [0.1, 0.15) is 0 Å². The fraction of sp³-hybridized carbons (Fsp3) is 1.00. The molecule has 0 radical (unpaired) electrons. The average Bonchev–Trinajstić information content (AvgIpc) is 2.34.